The van der Waals surface area contributed by atoms with E-state index in [0.29, 0.717) is 17.9 Å². The van der Waals surface area contributed by atoms with Gasteiger partial charge in [0.2, 0.25) is 5.91 Å². The summed E-state index contributed by atoms with van der Waals surface area (Å²) in [4.78, 5) is 24.0. The minimum absolute atomic E-state index is 0.0406. The van der Waals surface area contributed by atoms with E-state index < -0.39 is 0 Å². The molecule has 1 amide bonds. The number of esters is 1. The summed E-state index contributed by atoms with van der Waals surface area (Å²) in [5, 5.41) is 6.19. The van der Waals surface area contributed by atoms with Gasteiger partial charge in [-0.2, -0.15) is 0 Å². The third-order valence-corrected chi connectivity index (χ3v) is 4.06. The number of carbonyl (C=O) groups is 2. The molecule has 114 valence electrons. The van der Waals surface area contributed by atoms with Crippen LogP contribution in [0.4, 0.5) is 5.69 Å². The smallest absolute Gasteiger partial charge is 0.338 e. The minimum Gasteiger partial charge on any atom is -0.462 e. The summed E-state index contributed by atoms with van der Waals surface area (Å²) in [7, 11) is 0. The first-order valence-corrected chi connectivity index (χ1v) is 7.40. The van der Waals surface area contributed by atoms with Crippen LogP contribution in [0.5, 0.6) is 0 Å². The summed E-state index contributed by atoms with van der Waals surface area (Å²) in [5.41, 5.74) is 0.871. The zero-order valence-electron chi connectivity index (χ0n) is 12.6. The molecule has 1 aliphatic rings. The zero-order valence-corrected chi connectivity index (χ0v) is 12.6. The molecule has 1 atom stereocenters. The molecule has 5 heteroatoms. The first-order valence-electron chi connectivity index (χ1n) is 7.40. The van der Waals surface area contributed by atoms with E-state index in [1.807, 2.05) is 6.92 Å². The average Bonchev–Trinajstić information content (AvgIpc) is 2.98. The maximum absolute atomic E-state index is 12.4. The number of benzene rings is 1. The van der Waals surface area contributed by atoms with Gasteiger partial charge in [-0.1, -0.05) is 6.92 Å². The van der Waals surface area contributed by atoms with Gasteiger partial charge in [-0.15, -0.1) is 0 Å². The second kappa shape index (κ2) is 6.72. The quantitative estimate of drug-likeness (QED) is 0.816. The summed E-state index contributed by atoms with van der Waals surface area (Å²) in [6.07, 6.45) is 1.67. The van der Waals surface area contributed by atoms with Crippen molar-refractivity contribution >= 4 is 17.6 Å². The van der Waals surface area contributed by atoms with E-state index in [2.05, 4.69) is 10.6 Å². The summed E-state index contributed by atoms with van der Waals surface area (Å²) in [6.45, 7) is 5.76. The van der Waals surface area contributed by atoms with Gasteiger partial charge in [0.05, 0.1) is 17.6 Å². The molecule has 0 aliphatic carbocycles. The van der Waals surface area contributed by atoms with E-state index in [1.54, 1.807) is 31.2 Å². The van der Waals surface area contributed by atoms with Gasteiger partial charge in [-0.3, -0.25) is 4.79 Å². The molecule has 1 fully saturated rings. The summed E-state index contributed by atoms with van der Waals surface area (Å²) < 4.78 is 4.93. The van der Waals surface area contributed by atoms with Crippen molar-refractivity contribution in [3.8, 4) is 0 Å². The van der Waals surface area contributed by atoms with Gasteiger partial charge in [0.25, 0.3) is 0 Å². The number of nitrogens with one attached hydrogen (secondary N) is 2. The highest BCUT2D eigenvalue weighted by molar-refractivity contribution is 5.96. The molecular weight excluding hydrogens is 268 g/mol. The van der Waals surface area contributed by atoms with E-state index in [0.717, 1.165) is 25.9 Å². The van der Waals surface area contributed by atoms with E-state index in [-0.39, 0.29) is 17.3 Å². The lowest BCUT2D eigenvalue weighted by molar-refractivity contribution is -0.124. The first kappa shape index (κ1) is 15.5. The fourth-order valence-electron chi connectivity index (χ4n) is 2.57. The number of rotatable bonds is 5. The van der Waals surface area contributed by atoms with Crippen LogP contribution in [0.3, 0.4) is 0 Å². The summed E-state index contributed by atoms with van der Waals surface area (Å²) in [6, 6.07) is 6.80. The zero-order chi connectivity index (χ0) is 15.3. The third-order valence-electron chi connectivity index (χ3n) is 4.06. The molecular formula is C16H22N2O3. The molecule has 1 aromatic carbocycles. The van der Waals surface area contributed by atoms with Crippen molar-refractivity contribution in [2.24, 2.45) is 5.41 Å². The number of hydrogen-bond acceptors (Lipinski definition) is 4. The van der Waals surface area contributed by atoms with Crippen molar-refractivity contribution < 1.29 is 14.3 Å². The van der Waals surface area contributed by atoms with Crippen LogP contribution < -0.4 is 10.6 Å². The lowest BCUT2D eigenvalue weighted by atomic mass is 9.83. The molecule has 2 N–H and O–H groups in total. The van der Waals surface area contributed by atoms with Crippen LogP contribution in [0.15, 0.2) is 24.3 Å². The van der Waals surface area contributed by atoms with E-state index >= 15 is 0 Å². The van der Waals surface area contributed by atoms with Crippen molar-refractivity contribution in [2.75, 3.05) is 25.0 Å². The Hall–Kier alpha value is -1.88. The number of anilines is 1. The second-order valence-electron chi connectivity index (χ2n) is 5.31. The Morgan fingerprint density at radius 3 is 2.52 bits per heavy atom. The van der Waals surface area contributed by atoms with Crippen molar-refractivity contribution in [1.29, 1.82) is 0 Å². The van der Waals surface area contributed by atoms with Crippen LogP contribution >= 0.6 is 0 Å². The van der Waals surface area contributed by atoms with Gasteiger partial charge in [0, 0.05) is 12.2 Å². The Balaban J connectivity index is 2.03. The monoisotopic (exact) mass is 290 g/mol. The molecule has 0 aromatic heterocycles. The van der Waals surface area contributed by atoms with Crippen molar-refractivity contribution in [3.05, 3.63) is 29.8 Å². The van der Waals surface area contributed by atoms with Crippen LogP contribution in [0.2, 0.25) is 0 Å². The van der Waals surface area contributed by atoms with Gasteiger partial charge in [0.15, 0.2) is 0 Å². The Morgan fingerprint density at radius 1 is 1.29 bits per heavy atom. The van der Waals surface area contributed by atoms with Crippen LogP contribution in [0.1, 0.15) is 37.0 Å². The SMILES string of the molecule is CCOC(=O)c1ccc(NC(=O)C2(CC)CCNC2)cc1. The molecule has 1 aromatic rings. The molecule has 2 rings (SSSR count). The molecule has 1 aliphatic heterocycles. The lowest BCUT2D eigenvalue weighted by Crippen LogP contribution is -2.37. The maximum Gasteiger partial charge on any atom is 0.338 e. The Labute approximate surface area is 125 Å². The van der Waals surface area contributed by atoms with Crippen LogP contribution in [0.25, 0.3) is 0 Å². The molecule has 0 bridgehead atoms. The maximum atomic E-state index is 12.4. The molecule has 21 heavy (non-hydrogen) atoms. The highest BCUT2D eigenvalue weighted by atomic mass is 16.5. The van der Waals surface area contributed by atoms with E-state index in [4.69, 9.17) is 4.74 Å². The highest BCUT2D eigenvalue weighted by Crippen LogP contribution is 2.31. The molecule has 1 heterocycles. The van der Waals surface area contributed by atoms with E-state index in [9.17, 15) is 9.59 Å². The lowest BCUT2D eigenvalue weighted by Gasteiger charge is -2.25. The number of ether oxygens (including phenoxy) is 1. The van der Waals surface area contributed by atoms with Gasteiger partial charge < -0.3 is 15.4 Å². The van der Waals surface area contributed by atoms with Crippen LogP contribution in [0, 0.1) is 5.41 Å². The van der Waals surface area contributed by atoms with Gasteiger partial charge >= 0.3 is 5.97 Å². The highest BCUT2D eigenvalue weighted by Gasteiger charge is 2.39. The van der Waals surface area contributed by atoms with Crippen LogP contribution in [-0.2, 0) is 9.53 Å². The number of carbonyl (C=O) groups excluding carboxylic acids is 2. The first-order chi connectivity index (χ1) is 10.1. The molecule has 0 saturated carbocycles. The second-order valence-corrected chi connectivity index (χ2v) is 5.31. The van der Waals surface area contributed by atoms with Gasteiger partial charge in [-0.05, 0) is 50.6 Å². The molecule has 0 radical (unpaired) electrons. The van der Waals surface area contributed by atoms with Crippen molar-refractivity contribution in [2.45, 2.75) is 26.7 Å². The van der Waals surface area contributed by atoms with Crippen molar-refractivity contribution in [1.82, 2.24) is 5.32 Å². The molecule has 1 saturated heterocycles. The fraction of sp³-hybridized carbons (Fsp3) is 0.500. The van der Waals surface area contributed by atoms with Gasteiger partial charge in [0.1, 0.15) is 0 Å². The third kappa shape index (κ3) is 3.42. The Morgan fingerprint density at radius 2 is 2.00 bits per heavy atom. The minimum atomic E-state index is -0.347. The number of hydrogen-bond donors (Lipinski definition) is 2. The van der Waals surface area contributed by atoms with Gasteiger partial charge in [-0.25, -0.2) is 4.79 Å². The average molecular weight is 290 g/mol. The summed E-state index contributed by atoms with van der Waals surface area (Å²) >= 11 is 0. The van der Waals surface area contributed by atoms with Crippen LogP contribution in [-0.4, -0.2) is 31.6 Å². The Bertz CT molecular complexity index is 505. The summed E-state index contributed by atoms with van der Waals surface area (Å²) in [5.74, 6) is -0.306. The topological polar surface area (TPSA) is 67.4 Å². The molecule has 5 nitrogen and oxygen atoms in total. The van der Waals surface area contributed by atoms with Crippen molar-refractivity contribution in [3.63, 3.8) is 0 Å². The van der Waals surface area contributed by atoms with E-state index in [1.165, 1.54) is 0 Å². The predicted molar refractivity (Wildman–Crippen MR) is 81.2 cm³/mol. The normalized spacial score (nSPS) is 21.0. The standard InChI is InChI=1S/C16H22N2O3/c1-3-16(9-10-17-11-16)15(20)18-13-7-5-12(6-8-13)14(19)21-4-2/h5-8,17H,3-4,9-11H2,1-2H3,(H,18,20). The Kier molecular flexibility index (Phi) is 4.96. The molecule has 1 unspecified atom stereocenters. The number of amides is 1. The fourth-order valence-corrected chi connectivity index (χ4v) is 2.57. The predicted octanol–water partition coefficient (Wildman–Crippen LogP) is 2.19. The molecule has 0 spiro atoms. The largest absolute Gasteiger partial charge is 0.462 e.